The van der Waals surface area contributed by atoms with Gasteiger partial charge in [-0.3, -0.25) is 4.79 Å². The minimum Gasteiger partial charge on any atom is -0.389 e. The lowest BCUT2D eigenvalue weighted by molar-refractivity contribution is -0.204. The topological polar surface area (TPSA) is 60.8 Å². The van der Waals surface area contributed by atoms with Crippen molar-refractivity contribution in [2.24, 2.45) is 28.6 Å². The van der Waals surface area contributed by atoms with Gasteiger partial charge in [0.1, 0.15) is 5.60 Å². The van der Waals surface area contributed by atoms with E-state index in [2.05, 4.69) is 30.9 Å². The third kappa shape index (κ3) is 2.33. The molecule has 0 aromatic carbocycles. The number of rotatable bonds is 2. The van der Waals surface area contributed by atoms with Gasteiger partial charge in [-0.25, -0.2) is 0 Å². The molecule has 2 N–H and O–H groups in total. The highest BCUT2D eigenvalue weighted by Crippen LogP contribution is 2.69. The number of hydrogen-bond donors (Lipinski definition) is 2. The SMILES string of the molecule is CC(=O)[C@@]1(O)[C@@H](C)C[C@H]2[C@@H]3CC=C4C=C(N5CCCC5)CC[C@]4(C)[C@@]3(O)CC[C@@]21C. The van der Waals surface area contributed by atoms with E-state index in [1.54, 1.807) is 6.92 Å². The Morgan fingerprint density at radius 2 is 1.80 bits per heavy atom. The average molecular weight is 414 g/mol. The number of fused-ring (bicyclic) bond motifs is 5. The first-order valence-corrected chi connectivity index (χ1v) is 12.2. The van der Waals surface area contributed by atoms with E-state index in [9.17, 15) is 15.0 Å². The third-order valence-electron chi connectivity index (χ3n) is 10.6. The third-order valence-corrected chi connectivity index (χ3v) is 10.6. The first-order valence-electron chi connectivity index (χ1n) is 12.2. The Hall–Kier alpha value is -1.13. The van der Waals surface area contributed by atoms with Gasteiger partial charge in [-0.05, 0) is 87.7 Å². The summed E-state index contributed by atoms with van der Waals surface area (Å²) in [5.74, 6) is 0.138. The smallest absolute Gasteiger partial charge is 0.162 e. The normalized spacial score (nSPS) is 50.3. The first kappa shape index (κ1) is 20.8. The van der Waals surface area contributed by atoms with Crippen LogP contribution in [0.4, 0.5) is 0 Å². The van der Waals surface area contributed by atoms with Crippen LogP contribution in [0, 0.1) is 28.6 Å². The minimum absolute atomic E-state index is 0.0569. The maximum atomic E-state index is 12.6. The van der Waals surface area contributed by atoms with Crippen molar-refractivity contribution in [2.75, 3.05) is 13.1 Å². The molecule has 5 aliphatic rings. The van der Waals surface area contributed by atoms with E-state index in [0.717, 1.165) is 32.1 Å². The molecule has 0 aromatic rings. The Morgan fingerprint density at radius 1 is 1.10 bits per heavy atom. The summed E-state index contributed by atoms with van der Waals surface area (Å²) in [6.45, 7) is 10.3. The van der Waals surface area contributed by atoms with Crippen molar-refractivity contribution < 1.29 is 15.0 Å². The molecule has 4 nitrogen and oxygen atoms in total. The molecule has 1 saturated heterocycles. The van der Waals surface area contributed by atoms with E-state index in [1.165, 1.54) is 37.2 Å². The van der Waals surface area contributed by atoms with Gasteiger partial charge in [-0.15, -0.1) is 0 Å². The Kier molecular flexibility index (Phi) is 4.46. The lowest BCUT2D eigenvalue weighted by atomic mass is 9.45. The summed E-state index contributed by atoms with van der Waals surface area (Å²) in [6, 6.07) is 0. The standard InChI is InChI=1S/C26H39NO3/c1-17-15-22-21-8-7-19-16-20(27-13-5-6-14-27)9-10-23(19,3)25(21,29)12-11-24(22,4)26(17,30)18(2)28/h7,16-17,21-22,29-30H,5-6,8-15H2,1-4H3/t17-,21-,22-,23-,24-,25+,26-/m0/s1. The van der Waals surface area contributed by atoms with Crippen molar-refractivity contribution in [3.05, 3.63) is 23.4 Å². The number of carbonyl (C=O) groups is 1. The van der Waals surface area contributed by atoms with E-state index in [1.807, 2.05) is 6.92 Å². The number of allylic oxidation sites excluding steroid dienone is 3. The number of hydrogen-bond acceptors (Lipinski definition) is 4. The molecule has 1 aliphatic heterocycles. The van der Waals surface area contributed by atoms with Crippen LogP contribution in [0.3, 0.4) is 0 Å². The maximum Gasteiger partial charge on any atom is 0.162 e. The molecule has 0 unspecified atom stereocenters. The highest BCUT2D eigenvalue weighted by Gasteiger charge is 2.71. The van der Waals surface area contributed by atoms with Gasteiger partial charge < -0.3 is 15.1 Å². The zero-order valence-electron chi connectivity index (χ0n) is 19.2. The van der Waals surface area contributed by atoms with Gasteiger partial charge in [0.05, 0.1) is 5.60 Å². The van der Waals surface area contributed by atoms with E-state index in [0.29, 0.717) is 6.42 Å². The first-order chi connectivity index (χ1) is 14.1. The number of nitrogens with zero attached hydrogens (tertiary/aromatic N) is 1. The summed E-state index contributed by atoms with van der Waals surface area (Å²) in [7, 11) is 0. The largest absolute Gasteiger partial charge is 0.389 e. The van der Waals surface area contributed by atoms with Crippen LogP contribution in [0.25, 0.3) is 0 Å². The van der Waals surface area contributed by atoms with E-state index >= 15 is 0 Å². The van der Waals surface area contributed by atoms with Gasteiger partial charge in [0.25, 0.3) is 0 Å². The van der Waals surface area contributed by atoms with Crippen LogP contribution in [0.2, 0.25) is 0 Å². The fraction of sp³-hybridized carbons (Fsp3) is 0.808. The summed E-state index contributed by atoms with van der Waals surface area (Å²) in [5, 5.41) is 23.9. The van der Waals surface area contributed by atoms with Crippen molar-refractivity contribution in [1.82, 2.24) is 4.90 Å². The van der Waals surface area contributed by atoms with Crippen molar-refractivity contribution in [3.63, 3.8) is 0 Å². The molecule has 166 valence electrons. The van der Waals surface area contributed by atoms with Crippen LogP contribution in [0.5, 0.6) is 0 Å². The molecule has 4 heteroatoms. The highest BCUT2D eigenvalue weighted by molar-refractivity contribution is 5.86. The second-order valence-corrected chi connectivity index (χ2v) is 11.6. The number of Topliss-reactive ketones (excluding diaryl/α,β-unsaturated/α-hetero) is 1. The van der Waals surface area contributed by atoms with Crippen molar-refractivity contribution in [2.45, 2.75) is 90.3 Å². The predicted molar refractivity (Wildman–Crippen MR) is 118 cm³/mol. The lowest BCUT2D eigenvalue weighted by Crippen LogP contribution is -2.65. The molecule has 5 rings (SSSR count). The lowest BCUT2D eigenvalue weighted by Gasteiger charge is -2.62. The van der Waals surface area contributed by atoms with Gasteiger partial charge in [0.15, 0.2) is 5.78 Å². The van der Waals surface area contributed by atoms with Crippen LogP contribution in [-0.2, 0) is 4.79 Å². The molecule has 30 heavy (non-hydrogen) atoms. The van der Waals surface area contributed by atoms with Gasteiger partial charge in [0, 0.05) is 29.6 Å². The molecule has 0 spiro atoms. The molecular weight excluding hydrogens is 374 g/mol. The molecule has 3 fully saturated rings. The van der Waals surface area contributed by atoms with Crippen LogP contribution in [0.1, 0.15) is 79.1 Å². The zero-order valence-corrected chi connectivity index (χ0v) is 19.2. The monoisotopic (exact) mass is 413 g/mol. The molecule has 4 aliphatic carbocycles. The Balaban J connectivity index is 1.53. The Bertz CT molecular complexity index is 826. The van der Waals surface area contributed by atoms with Crippen LogP contribution < -0.4 is 0 Å². The molecule has 0 radical (unpaired) electrons. The van der Waals surface area contributed by atoms with Crippen LogP contribution >= 0.6 is 0 Å². The van der Waals surface area contributed by atoms with Crippen LogP contribution in [-0.4, -0.2) is 45.2 Å². The highest BCUT2D eigenvalue weighted by atomic mass is 16.3. The van der Waals surface area contributed by atoms with Crippen LogP contribution in [0.15, 0.2) is 23.4 Å². The maximum absolute atomic E-state index is 12.6. The second-order valence-electron chi connectivity index (χ2n) is 11.6. The number of likely N-dealkylation sites (tertiary alicyclic amines) is 1. The molecule has 0 amide bonds. The zero-order chi connectivity index (χ0) is 21.5. The summed E-state index contributed by atoms with van der Waals surface area (Å²) in [4.78, 5) is 15.1. The van der Waals surface area contributed by atoms with Crippen molar-refractivity contribution in [1.29, 1.82) is 0 Å². The Labute approximate surface area is 181 Å². The van der Waals surface area contributed by atoms with Gasteiger partial charge in [-0.1, -0.05) is 26.8 Å². The van der Waals surface area contributed by atoms with Crippen molar-refractivity contribution >= 4 is 5.78 Å². The van der Waals surface area contributed by atoms with E-state index < -0.39 is 16.6 Å². The summed E-state index contributed by atoms with van der Waals surface area (Å²) < 4.78 is 0. The minimum atomic E-state index is -1.26. The molecule has 1 heterocycles. The molecule has 0 bridgehead atoms. The van der Waals surface area contributed by atoms with E-state index in [4.69, 9.17) is 0 Å². The fourth-order valence-electron chi connectivity index (χ4n) is 8.59. The predicted octanol–water partition coefficient (Wildman–Crippen LogP) is 4.22. The molecule has 0 aromatic heterocycles. The quantitative estimate of drug-likeness (QED) is 0.712. The molecule has 7 atom stereocenters. The number of carbonyl (C=O) groups excluding carboxylic acids is 1. The number of ketones is 1. The Morgan fingerprint density at radius 3 is 2.47 bits per heavy atom. The second kappa shape index (κ2) is 6.45. The fourth-order valence-corrected chi connectivity index (χ4v) is 8.59. The van der Waals surface area contributed by atoms with Gasteiger partial charge >= 0.3 is 0 Å². The van der Waals surface area contributed by atoms with Gasteiger partial charge in [-0.2, -0.15) is 0 Å². The number of aliphatic hydroxyl groups is 2. The summed E-state index contributed by atoms with van der Waals surface area (Å²) in [5.41, 5.74) is 0.0863. The summed E-state index contributed by atoms with van der Waals surface area (Å²) >= 11 is 0. The average Bonchev–Trinajstić information content (AvgIpc) is 3.30. The van der Waals surface area contributed by atoms with E-state index in [-0.39, 0.29) is 29.0 Å². The van der Waals surface area contributed by atoms with Crippen molar-refractivity contribution in [3.8, 4) is 0 Å². The molecular formula is C26H39NO3. The van der Waals surface area contributed by atoms with Gasteiger partial charge in [0.2, 0.25) is 0 Å². The summed E-state index contributed by atoms with van der Waals surface area (Å²) in [6.07, 6.45) is 12.5. The molecule has 2 saturated carbocycles.